The van der Waals surface area contributed by atoms with Crippen LogP contribution in [0, 0.1) is 6.92 Å². The summed E-state index contributed by atoms with van der Waals surface area (Å²) >= 11 is 0. The van der Waals surface area contributed by atoms with Crippen molar-refractivity contribution < 1.29 is 14.3 Å². The summed E-state index contributed by atoms with van der Waals surface area (Å²) in [6, 6.07) is 5.97. The molecule has 1 amide bonds. The van der Waals surface area contributed by atoms with Gasteiger partial charge in [-0.1, -0.05) is 17.7 Å². The second-order valence-corrected chi connectivity index (χ2v) is 4.35. The van der Waals surface area contributed by atoms with Crippen molar-refractivity contribution in [2.45, 2.75) is 19.9 Å². The zero-order chi connectivity index (χ0) is 14.1. The molecule has 106 valence electrons. The number of hydrogen-bond donors (Lipinski definition) is 2. The zero-order valence-corrected chi connectivity index (χ0v) is 11.6. The van der Waals surface area contributed by atoms with Crippen LogP contribution in [-0.4, -0.2) is 32.8 Å². The van der Waals surface area contributed by atoms with Gasteiger partial charge in [0.25, 0.3) is 0 Å². The first kappa shape index (κ1) is 15.5. The molecule has 0 atom stereocenters. The fraction of sp³-hybridized carbons (Fsp3) is 0.500. The van der Waals surface area contributed by atoms with E-state index in [-0.39, 0.29) is 12.3 Å². The molecule has 0 aliphatic carbocycles. The Hall–Kier alpha value is -1.59. The molecule has 0 fully saturated rings. The molecule has 0 spiro atoms. The topological polar surface area (TPSA) is 73.6 Å². The highest BCUT2D eigenvalue weighted by Gasteiger charge is 2.05. The maximum absolute atomic E-state index is 10.7. The normalized spacial score (nSPS) is 10.4. The third kappa shape index (κ3) is 6.22. The smallest absolute Gasteiger partial charge is 0.220 e. The standard InChI is InChI=1S/C14H22N2O3/c1-11-3-4-13(19-7-5-14(15)17)12(9-11)10-16-6-8-18-2/h3-4,9,16H,5-8,10H2,1-2H3,(H2,15,17). The van der Waals surface area contributed by atoms with Gasteiger partial charge in [-0.15, -0.1) is 0 Å². The summed E-state index contributed by atoms with van der Waals surface area (Å²) in [4.78, 5) is 10.7. The number of hydrogen-bond acceptors (Lipinski definition) is 4. The number of rotatable bonds is 9. The summed E-state index contributed by atoms with van der Waals surface area (Å²) in [6.07, 6.45) is 0.227. The van der Waals surface area contributed by atoms with Crippen LogP contribution in [-0.2, 0) is 16.1 Å². The molecule has 1 rings (SSSR count). The number of aryl methyl sites for hydroxylation is 1. The molecular weight excluding hydrogens is 244 g/mol. The van der Waals surface area contributed by atoms with E-state index >= 15 is 0 Å². The highest BCUT2D eigenvalue weighted by atomic mass is 16.5. The number of benzene rings is 1. The molecular formula is C14H22N2O3. The van der Waals surface area contributed by atoms with Crippen LogP contribution < -0.4 is 15.8 Å². The number of primary amides is 1. The van der Waals surface area contributed by atoms with Crippen LogP contribution in [0.5, 0.6) is 5.75 Å². The molecule has 0 bridgehead atoms. The summed E-state index contributed by atoms with van der Waals surface area (Å²) in [5, 5.41) is 3.27. The van der Waals surface area contributed by atoms with Gasteiger partial charge in [0.15, 0.2) is 0 Å². The Balaban J connectivity index is 2.55. The second-order valence-electron chi connectivity index (χ2n) is 4.35. The van der Waals surface area contributed by atoms with Crippen molar-refractivity contribution in [3.8, 4) is 5.75 Å². The Labute approximate surface area is 114 Å². The predicted octanol–water partition coefficient (Wildman–Crippen LogP) is 0.985. The Morgan fingerprint density at radius 2 is 2.16 bits per heavy atom. The second kappa shape index (κ2) is 8.50. The first-order chi connectivity index (χ1) is 9.13. The van der Waals surface area contributed by atoms with Gasteiger partial charge in [-0.25, -0.2) is 0 Å². The van der Waals surface area contributed by atoms with E-state index in [0.717, 1.165) is 17.9 Å². The predicted molar refractivity (Wildman–Crippen MR) is 74.1 cm³/mol. The molecule has 3 N–H and O–H groups in total. The van der Waals surface area contributed by atoms with Gasteiger partial charge in [0.2, 0.25) is 5.91 Å². The van der Waals surface area contributed by atoms with Crippen molar-refractivity contribution >= 4 is 5.91 Å². The number of carbonyl (C=O) groups is 1. The molecule has 0 saturated carbocycles. The monoisotopic (exact) mass is 266 g/mol. The van der Waals surface area contributed by atoms with Crippen molar-refractivity contribution in [3.63, 3.8) is 0 Å². The Kier molecular flexibility index (Phi) is 6.92. The number of nitrogens with one attached hydrogen (secondary N) is 1. The number of nitrogens with two attached hydrogens (primary N) is 1. The van der Waals surface area contributed by atoms with Crippen LogP contribution in [0.3, 0.4) is 0 Å². The largest absolute Gasteiger partial charge is 0.493 e. The first-order valence-corrected chi connectivity index (χ1v) is 6.33. The van der Waals surface area contributed by atoms with Gasteiger partial charge in [-0.3, -0.25) is 4.79 Å². The van der Waals surface area contributed by atoms with Gasteiger partial charge < -0.3 is 20.5 Å². The summed E-state index contributed by atoms with van der Waals surface area (Å²) in [5.41, 5.74) is 7.33. The van der Waals surface area contributed by atoms with Crippen molar-refractivity contribution in [3.05, 3.63) is 29.3 Å². The Bertz CT molecular complexity index is 408. The third-order valence-electron chi connectivity index (χ3n) is 2.62. The van der Waals surface area contributed by atoms with Crippen LogP contribution in [0.2, 0.25) is 0 Å². The van der Waals surface area contributed by atoms with Crippen molar-refractivity contribution in [1.82, 2.24) is 5.32 Å². The van der Waals surface area contributed by atoms with E-state index in [9.17, 15) is 4.79 Å². The Morgan fingerprint density at radius 3 is 2.84 bits per heavy atom. The molecule has 0 aliphatic heterocycles. The summed E-state index contributed by atoms with van der Waals surface area (Å²) < 4.78 is 10.6. The van der Waals surface area contributed by atoms with Crippen molar-refractivity contribution in [1.29, 1.82) is 0 Å². The molecule has 0 unspecified atom stereocenters. The fourth-order valence-electron chi connectivity index (χ4n) is 1.65. The molecule has 1 aromatic rings. The van der Waals surface area contributed by atoms with E-state index in [0.29, 0.717) is 19.8 Å². The molecule has 5 nitrogen and oxygen atoms in total. The Morgan fingerprint density at radius 1 is 1.37 bits per heavy atom. The van der Waals surface area contributed by atoms with Crippen molar-refractivity contribution in [2.75, 3.05) is 26.9 Å². The number of amides is 1. The summed E-state index contributed by atoms with van der Waals surface area (Å²) in [6.45, 7) is 4.50. The number of ether oxygens (including phenoxy) is 2. The van der Waals surface area contributed by atoms with Gasteiger partial charge in [0, 0.05) is 25.8 Å². The molecule has 0 aliphatic rings. The average Bonchev–Trinajstić information content (AvgIpc) is 2.36. The van der Waals surface area contributed by atoms with Crippen LogP contribution in [0.25, 0.3) is 0 Å². The molecule has 1 aromatic carbocycles. The number of carbonyl (C=O) groups excluding carboxylic acids is 1. The van der Waals surface area contributed by atoms with Crippen LogP contribution in [0.15, 0.2) is 18.2 Å². The van der Waals surface area contributed by atoms with E-state index in [2.05, 4.69) is 11.4 Å². The summed E-state index contributed by atoms with van der Waals surface area (Å²) in [7, 11) is 1.67. The lowest BCUT2D eigenvalue weighted by atomic mass is 10.1. The average molecular weight is 266 g/mol. The minimum absolute atomic E-state index is 0.227. The fourth-order valence-corrected chi connectivity index (χ4v) is 1.65. The van der Waals surface area contributed by atoms with Crippen LogP contribution >= 0.6 is 0 Å². The molecule has 5 heteroatoms. The van der Waals surface area contributed by atoms with E-state index in [1.807, 2.05) is 19.1 Å². The minimum atomic E-state index is -0.355. The van der Waals surface area contributed by atoms with Crippen LogP contribution in [0.1, 0.15) is 17.5 Å². The molecule has 0 aromatic heterocycles. The number of methoxy groups -OCH3 is 1. The van der Waals surface area contributed by atoms with Gasteiger partial charge in [-0.2, -0.15) is 0 Å². The lowest BCUT2D eigenvalue weighted by Crippen LogP contribution is -2.19. The van der Waals surface area contributed by atoms with Gasteiger partial charge in [0.1, 0.15) is 5.75 Å². The van der Waals surface area contributed by atoms with E-state index in [4.69, 9.17) is 15.2 Å². The minimum Gasteiger partial charge on any atom is -0.493 e. The molecule has 0 radical (unpaired) electrons. The lowest BCUT2D eigenvalue weighted by Gasteiger charge is -2.12. The van der Waals surface area contributed by atoms with Gasteiger partial charge in [0.05, 0.1) is 19.6 Å². The lowest BCUT2D eigenvalue weighted by molar-refractivity contribution is -0.118. The maximum atomic E-state index is 10.7. The highest BCUT2D eigenvalue weighted by molar-refractivity contribution is 5.73. The van der Waals surface area contributed by atoms with Gasteiger partial charge >= 0.3 is 0 Å². The first-order valence-electron chi connectivity index (χ1n) is 6.33. The molecule has 0 heterocycles. The zero-order valence-electron chi connectivity index (χ0n) is 11.6. The van der Waals surface area contributed by atoms with Crippen LogP contribution in [0.4, 0.5) is 0 Å². The van der Waals surface area contributed by atoms with E-state index in [1.165, 1.54) is 5.56 Å². The molecule has 0 saturated heterocycles. The van der Waals surface area contributed by atoms with Crippen molar-refractivity contribution in [2.24, 2.45) is 5.73 Å². The summed E-state index contributed by atoms with van der Waals surface area (Å²) in [5.74, 6) is 0.434. The quantitative estimate of drug-likeness (QED) is 0.654. The van der Waals surface area contributed by atoms with E-state index in [1.54, 1.807) is 7.11 Å². The van der Waals surface area contributed by atoms with Gasteiger partial charge in [-0.05, 0) is 13.0 Å². The third-order valence-corrected chi connectivity index (χ3v) is 2.62. The maximum Gasteiger partial charge on any atom is 0.220 e. The van der Waals surface area contributed by atoms with E-state index < -0.39 is 0 Å². The molecule has 19 heavy (non-hydrogen) atoms. The highest BCUT2D eigenvalue weighted by Crippen LogP contribution is 2.20. The SMILES string of the molecule is COCCNCc1cc(C)ccc1OCCC(N)=O.